The number of benzene rings is 2. The molecule has 31 heavy (non-hydrogen) atoms. The van der Waals surface area contributed by atoms with Crippen molar-refractivity contribution in [3.8, 4) is 17.0 Å². The number of aromatic amines is 1. The third-order valence-electron chi connectivity index (χ3n) is 6.60. The fourth-order valence-electron chi connectivity index (χ4n) is 5.05. The lowest BCUT2D eigenvalue weighted by Crippen LogP contribution is -2.49. The number of amides is 1. The minimum Gasteiger partial charge on any atom is -0.482 e. The van der Waals surface area contributed by atoms with E-state index in [1.165, 1.54) is 0 Å². The number of nitrogens with zero attached hydrogens (tertiary/aromatic N) is 4. The van der Waals surface area contributed by atoms with Gasteiger partial charge in [-0.05, 0) is 31.2 Å². The van der Waals surface area contributed by atoms with E-state index in [1.807, 2.05) is 66.1 Å². The van der Waals surface area contributed by atoms with E-state index in [-0.39, 0.29) is 7.33 Å². The number of likely N-dealkylation sites (tertiary alicyclic amines) is 1. The maximum atomic E-state index is 13.4. The second-order valence-corrected chi connectivity index (χ2v) is 8.44. The Hall–Kier alpha value is -3.61. The number of para-hydroxylation sites is 2. The van der Waals surface area contributed by atoms with Crippen molar-refractivity contribution in [3.63, 3.8) is 0 Å². The molecular formula is C24H25N5O2. The molecule has 6 rings (SSSR count). The number of piperidine rings is 1. The Morgan fingerprint density at radius 3 is 2.81 bits per heavy atom. The molecular weight excluding hydrogens is 390 g/mol. The summed E-state index contributed by atoms with van der Waals surface area (Å²) in [6, 6.07) is 13.8. The summed E-state index contributed by atoms with van der Waals surface area (Å²) in [7, 11) is 1.97. The van der Waals surface area contributed by atoms with Crippen LogP contribution in [-0.2, 0) is 12.6 Å². The Balaban J connectivity index is 0.00000216. The Morgan fingerprint density at radius 1 is 1.16 bits per heavy atom. The van der Waals surface area contributed by atoms with E-state index in [0.717, 1.165) is 52.3 Å². The molecule has 2 aliphatic rings. The molecule has 158 valence electrons. The van der Waals surface area contributed by atoms with Crippen LogP contribution in [0.5, 0.6) is 5.75 Å². The number of imidazole rings is 1. The van der Waals surface area contributed by atoms with Gasteiger partial charge in [-0.2, -0.15) is 5.10 Å². The van der Waals surface area contributed by atoms with Crippen LogP contribution in [0.15, 0.2) is 48.7 Å². The molecule has 2 aromatic heterocycles. The van der Waals surface area contributed by atoms with Gasteiger partial charge in [0.15, 0.2) is 0 Å². The van der Waals surface area contributed by atoms with E-state index in [2.05, 4.69) is 21.1 Å². The van der Waals surface area contributed by atoms with Gasteiger partial charge in [-0.25, -0.2) is 4.98 Å². The fourth-order valence-corrected chi connectivity index (χ4v) is 5.05. The third-order valence-corrected chi connectivity index (χ3v) is 6.60. The topological polar surface area (TPSA) is 76.0 Å². The summed E-state index contributed by atoms with van der Waals surface area (Å²) in [4.78, 5) is 23.0. The zero-order chi connectivity index (χ0) is 21.2. The molecule has 0 unspecified atom stereocenters. The lowest BCUT2D eigenvalue weighted by Gasteiger charge is -2.44. The molecule has 2 aromatic carbocycles. The number of fused-ring (bicyclic) bond motifs is 5. The van der Waals surface area contributed by atoms with Crippen LogP contribution in [0.4, 0.5) is 0 Å². The lowest BCUT2D eigenvalue weighted by molar-refractivity contribution is -0.00166. The van der Waals surface area contributed by atoms with Crippen molar-refractivity contribution in [3.05, 3.63) is 65.6 Å². The summed E-state index contributed by atoms with van der Waals surface area (Å²) in [5.74, 6) is 1.72. The number of rotatable bonds is 1. The molecule has 4 heterocycles. The SMILES string of the molecule is Cc1nc2c(C(=O)N3CCC4(CC3)Oc3ccccc3-c3c4cnn3C)cccc2[nH]1.[HH]. The predicted molar refractivity (Wildman–Crippen MR) is 119 cm³/mol. The predicted octanol–water partition coefficient (Wildman–Crippen LogP) is 4.04. The third kappa shape index (κ3) is 2.62. The van der Waals surface area contributed by atoms with Gasteiger partial charge in [0.1, 0.15) is 22.7 Å². The van der Waals surface area contributed by atoms with Gasteiger partial charge in [0.05, 0.1) is 23.0 Å². The number of hydrogen-bond donors (Lipinski definition) is 1. The van der Waals surface area contributed by atoms with E-state index < -0.39 is 5.60 Å². The summed E-state index contributed by atoms with van der Waals surface area (Å²) < 4.78 is 8.53. The zero-order valence-corrected chi connectivity index (χ0v) is 17.6. The maximum absolute atomic E-state index is 13.4. The quantitative estimate of drug-likeness (QED) is 0.509. The van der Waals surface area contributed by atoms with Crippen LogP contribution in [0, 0.1) is 6.92 Å². The molecule has 1 N–H and O–H groups in total. The molecule has 4 aromatic rings. The Bertz CT molecular complexity index is 1330. The summed E-state index contributed by atoms with van der Waals surface area (Å²) in [6.07, 6.45) is 3.37. The molecule has 7 heteroatoms. The first-order chi connectivity index (χ1) is 15.1. The fraction of sp³-hybridized carbons (Fsp3) is 0.292. The van der Waals surface area contributed by atoms with Crippen molar-refractivity contribution in [2.45, 2.75) is 25.4 Å². The molecule has 1 fully saturated rings. The lowest BCUT2D eigenvalue weighted by atomic mass is 9.81. The van der Waals surface area contributed by atoms with Gasteiger partial charge < -0.3 is 14.6 Å². The van der Waals surface area contributed by atoms with Gasteiger partial charge in [-0.1, -0.05) is 18.2 Å². The monoisotopic (exact) mass is 415 g/mol. The van der Waals surface area contributed by atoms with Crippen LogP contribution in [-0.4, -0.2) is 43.6 Å². The first kappa shape index (κ1) is 18.2. The number of hydrogen-bond acceptors (Lipinski definition) is 4. The Labute approximate surface area is 181 Å². The summed E-state index contributed by atoms with van der Waals surface area (Å²) in [5, 5.41) is 4.53. The van der Waals surface area contributed by atoms with Gasteiger partial charge in [0.25, 0.3) is 5.91 Å². The highest BCUT2D eigenvalue weighted by molar-refractivity contribution is 6.05. The number of aromatic nitrogens is 4. The summed E-state index contributed by atoms with van der Waals surface area (Å²) >= 11 is 0. The second kappa shape index (κ2) is 6.44. The average molecular weight is 415 g/mol. The first-order valence-electron chi connectivity index (χ1n) is 10.6. The number of carbonyl (C=O) groups is 1. The number of aryl methyl sites for hydroxylation is 2. The highest BCUT2D eigenvalue weighted by atomic mass is 16.5. The highest BCUT2D eigenvalue weighted by Crippen LogP contribution is 2.49. The summed E-state index contributed by atoms with van der Waals surface area (Å²) in [5.41, 5.74) is 5.12. The zero-order valence-electron chi connectivity index (χ0n) is 17.6. The number of H-pyrrole nitrogens is 1. The van der Waals surface area contributed by atoms with E-state index in [1.54, 1.807) is 0 Å². The number of nitrogens with one attached hydrogen (secondary N) is 1. The van der Waals surface area contributed by atoms with E-state index in [9.17, 15) is 4.79 Å². The van der Waals surface area contributed by atoms with Crippen LogP contribution in [0.25, 0.3) is 22.3 Å². The maximum Gasteiger partial charge on any atom is 0.256 e. The van der Waals surface area contributed by atoms with Crippen LogP contribution in [0.3, 0.4) is 0 Å². The molecule has 7 nitrogen and oxygen atoms in total. The molecule has 1 saturated heterocycles. The minimum absolute atomic E-state index is 0. The van der Waals surface area contributed by atoms with Crippen LogP contribution in [0.1, 0.15) is 36.0 Å². The molecule has 2 aliphatic heterocycles. The minimum atomic E-state index is -0.455. The molecule has 0 bridgehead atoms. The van der Waals surface area contributed by atoms with Gasteiger partial charge in [-0.15, -0.1) is 0 Å². The van der Waals surface area contributed by atoms with Crippen LogP contribution in [0.2, 0.25) is 0 Å². The second-order valence-electron chi connectivity index (χ2n) is 8.44. The van der Waals surface area contributed by atoms with Crippen molar-refractivity contribution in [1.82, 2.24) is 24.6 Å². The Kier molecular flexibility index (Phi) is 3.78. The standard InChI is InChI=1S/C24H23N5O2.H2/c1-15-26-19-8-5-7-17(21(19)27-15)23(30)29-12-10-24(11-13-29)18-14-25-28(2)22(18)16-6-3-4-9-20(16)31-24;/h3-9,14H,10-13H2,1-2H3,(H,26,27);1H. The molecule has 1 amide bonds. The Morgan fingerprint density at radius 2 is 1.97 bits per heavy atom. The average Bonchev–Trinajstić information content (AvgIpc) is 3.36. The van der Waals surface area contributed by atoms with Crippen LogP contribution >= 0.6 is 0 Å². The molecule has 0 aliphatic carbocycles. The first-order valence-corrected chi connectivity index (χ1v) is 10.6. The van der Waals surface area contributed by atoms with Gasteiger partial charge in [0.2, 0.25) is 0 Å². The highest BCUT2D eigenvalue weighted by Gasteiger charge is 2.46. The van der Waals surface area contributed by atoms with E-state index >= 15 is 0 Å². The van der Waals surface area contributed by atoms with Crippen LogP contribution < -0.4 is 4.74 Å². The van der Waals surface area contributed by atoms with Gasteiger partial charge in [-0.3, -0.25) is 9.48 Å². The molecule has 1 spiro atoms. The van der Waals surface area contributed by atoms with Gasteiger partial charge in [0, 0.05) is 45.5 Å². The molecule has 0 radical (unpaired) electrons. The molecule has 0 saturated carbocycles. The van der Waals surface area contributed by atoms with Crippen molar-refractivity contribution >= 4 is 16.9 Å². The normalized spacial score (nSPS) is 16.8. The smallest absolute Gasteiger partial charge is 0.256 e. The van der Waals surface area contributed by atoms with Gasteiger partial charge >= 0.3 is 0 Å². The van der Waals surface area contributed by atoms with Crippen molar-refractivity contribution in [1.29, 1.82) is 0 Å². The van der Waals surface area contributed by atoms with Crippen molar-refractivity contribution < 1.29 is 11.0 Å². The summed E-state index contributed by atoms with van der Waals surface area (Å²) in [6.45, 7) is 3.15. The number of carbonyl (C=O) groups excluding carboxylic acids is 1. The largest absolute Gasteiger partial charge is 0.482 e. The van der Waals surface area contributed by atoms with Crippen molar-refractivity contribution in [2.24, 2.45) is 7.05 Å². The van der Waals surface area contributed by atoms with E-state index in [4.69, 9.17) is 4.74 Å². The van der Waals surface area contributed by atoms with Crippen molar-refractivity contribution in [2.75, 3.05) is 13.1 Å². The number of ether oxygens (including phenoxy) is 1. The van der Waals surface area contributed by atoms with E-state index in [0.29, 0.717) is 18.7 Å². The molecule has 0 atom stereocenters.